The maximum atomic E-state index is 5.82. The molecule has 2 fully saturated rings. The summed E-state index contributed by atoms with van der Waals surface area (Å²) in [5, 5.41) is 3.78. The minimum atomic E-state index is 0.501. The van der Waals surface area contributed by atoms with Crippen LogP contribution in [0, 0.1) is 0 Å². The molecule has 2 aliphatic rings. The molecule has 2 atom stereocenters. The zero-order valence-corrected chi connectivity index (χ0v) is 15.0. The first-order chi connectivity index (χ1) is 12.3. The Balaban J connectivity index is 1.27. The first-order valence-electron chi connectivity index (χ1n) is 9.45. The van der Waals surface area contributed by atoms with Crippen molar-refractivity contribution in [1.82, 2.24) is 19.8 Å². The Labute approximate surface area is 150 Å². The number of ether oxygens (including phenoxy) is 1. The highest BCUT2D eigenvalue weighted by Crippen LogP contribution is 2.27. The summed E-state index contributed by atoms with van der Waals surface area (Å²) < 4.78 is 7.81. The van der Waals surface area contributed by atoms with Crippen molar-refractivity contribution in [2.24, 2.45) is 7.05 Å². The van der Waals surface area contributed by atoms with Crippen LogP contribution < -0.4 is 10.1 Å². The van der Waals surface area contributed by atoms with Gasteiger partial charge in [0, 0.05) is 44.6 Å². The molecule has 0 spiro atoms. The van der Waals surface area contributed by atoms with Crippen LogP contribution in [0.15, 0.2) is 36.7 Å². The molecule has 3 heterocycles. The van der Waals surface area contributed by atoms with Crippen LogP contribution in [0.25, 0.3) is 0 Å². The van der Waals surface area contributed by atoms with Gasteiger partial charge in [-0.1, -0.05) is 18.6 Å². The van der Waals surface area contributed by atoms with Crippen molar-refractivity contribution in [3.05, 3.63) is 48.0 Å². The third-order valence-electron chi connectivity index (χ3n) is 5.64. The Morgan fingerprint density at radius 1 is 1.16 bits per heavy atom. The van der Waals surface area contributed by atoms with Gasteiger partial charge >= 0.3 is 0 Å². The van der Waals surface area contributed by atoms with E-state index in [-0.39, 0.29) is 0 Å². The molecule has 1 N–H and O–H groups in total. The Hall–Kier alpha value is -1.85. The zero-order chi connectivity index (χ0) is 17.1. The van der Waals surface area contributed by atoms with Gasteiger partial charge in [0.05, 0.1) is 0 Å². The molecule has 134 valence electrons. The molecule has 5 heteroatoms. The van der Waals surface area contributed by atoms with Gasteiger partial charge in [-0.15, -0.1) is 0 Å². The SMILES string of the molecule is Cn1ccnc1COc1ccc(CNC2CCN3CCCCC23)cc1. The highest BCUT2D eigenvalue weighted by atomic mass is 16.5. The minimum absolute atomic E-state index is 0.501. The zero-order valence-electron chi connectivity index (χ0n) is 15.0. The lowest BCUT2D eigenvalue weighted by molar-refractivity contribution is 0.180. The molecule has 4 rings (SSSR count). The van der Waals surface area contributed by atoms with Gasteiger partial charge in [0.2, 0.25) is 0 Å². The van der Waals surface area contributed by atoms with E-state index in [4.69, 9.17) is 4.74 Å². The number of fused-ring (bicyclic) bond motifs is 1. The third-order valence-corrected chi connectivity index (χ3v) is 5.64. The molecule has 2 saturated heterocycles. The number of nitrogens with one attached hydrogen (secondary N) is 1. The number of imidazole rings is 1. The number of piperidine rings is 1. The van der Waals surface area contributed by atoms with Crippen molar-refractivity contribution >= 4 is 0 Å². The Bertz CT molecular complexity index is 681. The van der Waals surface area contributed by atoms with Crippen LogP contribution in [0.5, 0.6) is 5.75 Å². The largest absolute Gasteiger partial charge is 0.486 e. The fraction of sp³-hybridized carbons (Fsp3) is 0.550. The molecule has 0 aliphatic carbocycles. The molecule has 25 heavy (non-hydrogen) atoms. The van der Waals surface area contributed by atoms with Gasteiger partial charge in [-0.25, -0.2) is 4.98 Å². The van der Waals surface area contributed by atoms with Gasteiger partial charge in [-0.05, 0) is 43.5 Å². The first kappa shape index (κ1) is 16.6. The number of nitrogens with zero attached hydrogens (tertiary/aromatic N) is 3. The van der Waals surface area contributed by atoms with E-state index in [9.17, 15) is 0 Å². The summed E-state index contributed by atoms with van der Waals surface area (Å²) in [5.41, 5.74) is 1.32. The highest BCUT2D eigenvalue weighted by Gasteiger charge is 2.34. The molecule has 0 radical (unpaired) electrons. The summed E-state index contributed by atoms with van der Waals surface area (Å²) in [6.07, 6.45) is 9.14. The van der Waals surface area contributed by atoms with Gasteiger partial charge in [0.25, 0.3) is 0 Å². The standard InChI is InChI=1S/C20H28N4O/c1-23-13-10-21-20(23)15-25-17-7-5-16(6-8-17)14-22-18-9-12-24-11-3-2-4-19(18)24/h5-8,10,13,18-19,22H,2-4,9,11-12,14-15H2,1H3. The molecule has 0 amide bonds. The summed E-state index contributed by atoms with van der Waals surface area (Å²) in [7, 11) is 1.98. The van der Waals surface area contributed by atoms with E-state index in [2.05, 4.69) is 39.5 Å². The maximum absolute atomic E-state index is 5.82. The summed E-state index contributed by atoms with van der Waals surface area (Å²) in [6.45, 7) is 4.00. The average Bonchev–Trinajstić information content (AvgIpc) is 3.25. The number of aryl methyl sites for hydroxylation is 1. The summed E-state index contributed by atoms with van der Waals surface area (Å²) in [6, 6.07) is 9.85. The molecule has 2 unspecified atom stereocenters. The van der Waals surface area contributed by atoms with Gasteiger partial charge in [0.1, 0.15) is 18.2 Å². The summed E-state index contributed by atoms with van der Waals surface area (Å²) in [4.78, 5) is 6.96. The lowest BCUT2D eigenvalue weighted by Crippen LogP contribution is -2.44. The van der Waals surface area contributed by atoms with Gasteiger partial charge in [0.15, 0.2) is 0 Å². The predicted octanol–water partition coefficient (Wildman–Crippen LogP) is 2.72. The fourth-order valence-corrected chi connectivity index (χ4v) is 4.12. The topological polar surface area (TPSA) is 42.3 Å². The van der Waals surface area contributed by atoms with E-state index >= 15 is 0 Å². The second kappa shape index (κ2) is 7.58. The molecule has 0 saturated carbocycles. The van der Waals surface area contributed by atoms with Crippen LogP contribution in [0.4, 0.5) is 0 Å². The Kier molecular flexibility index (Phi) is 5.04. The van der Waals surface area contributed by atoms with Crippen molar-refractivity contribution in [2.75, 3.05) is 13.1 Å². The van der Waals surface area contributed by atoms with Crippen LogP contribution in [-0.4, -0.2) is 39.6 Å². The van der Waals surface area contributed by atoms with Crippen LogP contribution in [-0.2, 0) is 20.2 Å². The molecular formula is C20H28N4O. The lowest BCUT2D eigenvalue weighted by Gasteiger charge is -2.32. The molecule has 0 bridgehead atoms. The number of benzene rings is 1. The molecule has 1 aromatic heterocycles. The lowest BCUT2D eigenvalue weighted by atomic mass is 9.99. The molecule has 2 aliphatic heterocycles. The highest BCUT2D eigenvalue weighted by molar-refractivity contribution is 5.27. The van der Waals surface area contributed by atoms with Crippen LogP contribution in [0.3, 0.4) is 0 Å². The number of hydrogen-bond donors (Lipinski definition) is 1. The summed E-state index contributed by atoms with van der Waals surface area (Å²) >= 11 is 0. The maximum Gasteiger partial charge on any atom is 0.146 e. The monoisotopic (exact) mass is 340 g/mol. The predicted molar refractivity (Wildman–Crippen MR) is 98.4 cm³/mol. The smallest absolute Gasteiger partial charge is 0.146 e. The average molecular weight is 340 g/mol. The van der Waals surface area contributed by atoms with Crippen LogP contribution in [0.1, 0.15) is 37.1 Å². The molecular weight excluding hydrogens is 312 g/mol. The van der Waals surface area contributed by atoms with Crippen LogP contribution >= 0.6 is 0 Å². The van der Waals surface area contributed by atoms with Crippen molar-refractivity contribution in [3.63, 3.8) is 0 Å². The van der Waals surface area contributed by atoms with E-state index in [0.717, 1.165) is 24.2 Å². The van der Waals surface area contributed by atoms with Gasteiger partial charge in [-0.3, -0.25) is 4.90 Å². The number of hydrogen-bond acceptors (Lipinski definition) is 4. The summed E-state index contributed by atoms with van der Waals surface area (Å²) in [5.74, 6) is 1.83. The van der Waals surface area contributed by atoms with E-state index in [1.54, 1.807) is 6.20 Å². The van der Waals surface area contributed by atoms with E-state index in [0.29, 0.717) is 12.6 Å². The molecule has 2 aromatic rings. The molecule has 1 aromatic carbocycles. The Morgan fingerprint density at radius 2 is 2.04 bits per heavy atom. The number of aromatic nitrogens is 2. The number of rotatable bonds is 6. The first-order valence-corrected chi connectivity index (χ1v) is 9.45. The van der Waals surface area contributed by atoms with E-state index in [1.165, 1.54) is 44.3 Å². The minimum Gasteiger partial charge on any atom is -0.486 e. The quantitative estimate of drug-likeness (QED) is 0.878. The van der Waals surface area contributed by atoms with Crippen LogP contribution in [0.2, 0.25) is 0 Å². The Morgan fingerprint density at radius 3 is 2.84 bits per heavy atom. The van der Waals surface area contributed by atoms with Crippen molar-refractivity contribution in [3.8, 4) is 5.75 Å². The third kappa shape index (κ3) is 3.88. The van der Waals surface area contributed by atoms with Crippen molar-refractivity contribution < 1.29 is 4.74 Å². The second-order valence-corrected chi connectivity index (χ2v) is 7.26. The van der Waals surface area contributed by atoms with E-state index < -0.39 is 0 Å². The fourth-order valence-electron chi connectivity index (χ4n) is 4.12. The van der Waals surface area contributed by atoms with Gasteiger partial charge in [-0.2, -0.15) is 0 Å². The second-order valence-electron chi connectivity index (χ2n) is 7.26. The normalized spacial score (nSPS) is 23.6. The van der Waals surface area contributed by atoms with Crippen molar-refractivity contribution in [1.29, 1.82) is 0 Å². The molecule has 5 nitrogen and oxygen atoms in total. The van der Waals surface area contributed by atoms with Gasteiger partial charge < -0.3 is 14.6 Å². The van der Waals surface area contributed by atoms with E-state index in [1.807, 2.05) is 17.8 Å². The van der Waals surface area contributed by atoms with Crippen molar-refractivity contribution in [2.45, 2.75) is 50.9 Å².